The fourth-order valence-electron chi connectivity index (χ4n) is 2.72. The van der Waals surface area contributed by atoms with Crippen LogP contribution in [0.4, 0.5) is 10.5 Å². The van der Waals surface area contributed by atoms with E-state index >= 15 is 0 Å². The first-order chi connectivity index (χ1) is 13.1. The van der Waals surface area contributed by atoms with Crippen molar-refractivity contribution in [3.05, 3.63) is 48.0 Å². The van der Waals surface area contributed by atoms with Gasteiger partial charge in [0.25, 0.3) is 5.89 Å². The zero-order valence-electron chi connectivity index (χ0n) is 15.8. The lowest BCUT2D eigenvalue weighted by molar-refractivity contribution is 0.222. The van der Waals surface area contributed by atoms with Crippen LogP contribution in [0, 0.1) is 0 Å². The molecule has 0 atom stereocenters. The number of anilines is 1. The summed E-state index contributed by atoms with van der Waals surface area (Å²) in [5.41, 5.74) is 2.52. The van der Waals surface area contributed by atoms with Gasteiger partial charge in [-0.15, -0.1) is 0 Å². The number of benzene rings is 1. The quantitative estimate of drug-likeness (QED) is 0.692. The summed E-state index contributed by atoms with van der Waals surface area (Å²) in [5.74, 6) is 1.04. The number of carbonyl (C=O) groups is 1. The minimum Gasteiger partial charge on any atom is -0.334 e. The molecule has 0 saturated carbocycles. The van der Waals surface area contributed by atoms with E-state index in [2.05, 4.69) is 20.6 Å². The Hall–Kier alpha value is -3.16. The Balaban J connectivity index is 1.60. The number of aryl methyl sites for hydroxylation is 3. The molecule has 27 heavy (non-hydrogen) atoms. The molecular formula is C19H24N6O2. The lowest BCUT2D eigenvalue weighted by Gasteiger charge is -2.18. The van der Waals surface area contributed by atoms with Crippen molar-refractivity contribution < 1.29 is 9.32 Å². The number of amides is 2. The Morgan fingerprint density at radius 2 is 2.15 bits per heavy atom. The Labute approximate surface area is 158 Å². The van der Waals surface area contributed by atoms with Gasteiger partial charge in [0.05, 0.1) is 17.4 Å². The predicted molar refractivity (Wildman–Crippen MR) is 102 cm³/mol. The number of carbonyl (C=O) groups excluding carboxylic acids is 1. The highest BCUT2D eigenvalue weighted by atomic mass is 16.5. The average molecular weight is 368 g/mol. The molecular weight excluding hydrogens is 344 g/mol. The Morgan fingerprint density at radius 3 is 2.85 bits per heavy atom. The topological polar surface area (TPSA) is 89.1 Å². The number of para-hydroxylation sites is 1. The minimum atomic E-state index is -0.177. The summed E-state index contributed by atoms with van der Waals surface area (Å²) in [4.78, 5) is 18.5. The van der Waals surface area contributed by atoms with E-state index in [1.807, 2.05) is 50.6 Å². The van der Waals surface area contributed by atoms with E-state index in [0.717, 1.165) is 12.8 Å². The van der Waals surface area contributed by atoms with Crippen molar-refractivity contribution in [1.82, 2.24) is 24.8 Å². The highest BCUT2D eigenvalue weighted by molar-refractivity contribution is 5.93. The summed E-state index contributed by atoms with van der Waals surface area (Å²) in [5, 5.41) is 11.0. The van der Waals surface area contributed by atoms with Crippen LogP contribution in [0.3, 0.4) is 0 Å². The second kappa shape index (κ2) is 8.48. The maximum atomic E-state index is 12.5. The van der Waals surface area contributed by atoms with Crippen LogP contribution < -0.4 is 5.32 Å². The van der Waals surface area contributed by atoms with Crippen molar-refractivity contribution in [3.63, 3.8) is 0 Å². The summed E-state index contributed by atoms with van der Waals surface area (Å²) in [7, 11) is 3.68. The lowest BCUT2D eigenvalue weighted by atomic mass is 10.1. The van der Waals surface area contributed by atoms with Crippen LogP contribution in [0.5, 0.6) is 0 Å². The van der Waals surface area contributed by atoms with Crippen LogP contribution >= 0.6 is 0 Å². The van der Waals surface area contributed by atoms with E-state index in [0.29, 0.717) is 35.9 Å². The monoisotopic (exact) mass is 368 g/mol. The molecule has 1 aromatic carbocycles. The average Bonchev–Trinajstić information content (AvgIpc) is 3.31. The van der Waals surface area contributed by atoms with E-state index in [1.54, 1.807) is 16.6 Å². The van der Waals surface area contributed by atoms with E-state index < -0.39 is 0 Å². The zero-order valence-corrected chi connectivity index (χ0v) is 15.8. The van der Waals surface area contributed by atoms with Crippen molar-refractivity contribution in [1.29, 1.82) is 0 Å². The molecule has 0 unspecified atom stereocenters. The third-order valence-corrected chi connectivity index (χ3v) is 4.25. The van der Waals surface area contributed by atoms with E-state index in [9.17, 15) is 4.79 Å². The van der Waals surface area contributed by atoms with Crippen LogP contribution in [0.1, 0.15) is 24.7 Å². The van der Waals surface area contributed by atoms with Gasteiger partial charge < -0.3 is 14.7 Å². The highest BCUT2D eigenvalue weighted by Crippen LogP contribution is 2.26. The standard InChI is InChI=1S/C19H24N6O2/c1-4-17-22-18(27-23-17)15-9-5-6-10-16(15)21-19(26)24(2)11-7-8-14-12-20-25(3)13-14/h5-6,9-10,12-13H,4,7-8,11H2,1-3H3,(H,21,26). The molecule has 2 aromatic heterocycles. The van der Waals surface area contributed by atoms with Gasteiger partial charge in [-0.1, -0.05) is 24.2 Å². The molecule has 142 valence electrons. The number of nitrogens with one attached hydrogen (secondary N) is 1. The Morgan fingerprint density at radius 1 is 1.33 bits per heavy atom. The van der Waals surface area contributed by atoms with Gasteiger partial charge in [-0.25, -0.2) is 4.79 Å². The molecule has 1 N–H and O–H groups in total. The highest BCUT2D eigenvalue weighted by Gasteiger charge is 2.15. The third-order valence-electron chi connectivity index (χ3n) is 4.25. The fraction of sp³-hybridized carbons (Fsp3) is 0.368. The molecule has 3 rings (SSSR count). The SMILES string of the molecule is CCc1noc(-c2ccccc2NC(=O)N(C)CCCc2cnn(C)c2)n1. The second-order valence-corrected chi connectivity index (χ2v) is 6.39. The first-order valence-electron chi connectivity index (χ1n) is 8.98. The first kappa shape index (κ1) is 18.6. The third kappa shape index (κ3) is 4.72. The summed E-state index contributed by atoms with van der Waals surface area (Å²) >= 11 is 0. The Bertz CT molecular complexity index is 901. The molecule has 8 heteroatoms. The minimum absolute atomic E-state index is 0.177. The fourth-order valence-corrected chi connectivity index (χ4v) is 2.72. The first-order valence-corrected chi connectivity index (χ1v) is 8.98. The number of hydrogen-bond donors (Lipinski definition) is 1. The van der Waals surface area contributed by atoms with E-state index in [4.69, 9.17) is 4.52 Å². The van der Waals surface area contributed by atoms with Crippen LogP contribution in [0.15, 0.2) is 41.2 Å². The summed E-state index contributed by atoms with van der Waals surface area (Å²) < 4.78 is 7.09. The zero-order chi connectivity index (χ0) is 19.2. The summed E-state index contributed by atoms with van der Waals surface area (Å²) in [6.45, 7) is 2.60. The molecule has 0 radical (unpaired) electrons. The van der Waals surface area contributed by atoms with Gasteiger partial charge >= 0.3 is 6.03 Å². The van der Waals surface area contributed by atoms with Gasteiger partial charge in [-0.05, 0) is 30.5 Å². The molecule has 8 nitrogen and oxygen atoms in total. The number of hydrogen-bond acceptors (Lipinski definition) is 5. The molecule has 3 aromatic rings. The van der Waals surface area contributed by atoms with Crippen molar-refractivity contribution in [2.24, 2.45) is 7.05 Å². The van der Waals surface area contributed by atoms with Gasteiger partial charge in [-0.2, -0.15) is 10.1 Å². The van der Waals surface area contributed by atoms with Crippen molar-refractivity contribution in [3.8, 4) is 11.5 Å². The van der Waals surface area contributed by atoms with Crippen molar-refractivity contribution >= 4 is 11.7 Å². The maximum Gasteiger partial charge on any atom is 0.321 e. The van der Waals surface area contributed by atoms with E-state index in [1.165, 1.54) is 5.56 Å². The van der Waals surface area contributed by atoms with Crippen molar-refractivity contribution in [2.45, 2.75) is 26.2 Å². The molecule has 0 spiro atoms. The molecule has 0 saturated heterocycles. The lowest BCUT2D eigenvalue weighted by Crippen LogP contribution is -2.32. The van der Waals surface area contributed by atoms with Gasteiger partial charge in [-0.3, -0.25) is 4.68 Å². The molecule has 2 amide bonds. The van der Waals surface area contributed by atoms with Crippen LogP contribution in [0.2, 0.25) is 0 Å². The van der Waals surface area contributed by atoms with Gasteiger partial charge in [0, 0.05) is 33.3 Å². The number of aromatic nitrogens is 4. The smallest absolute Gasteiger partial charge is 0.321 e. The number of nitrogens with zero attached hydrogens (tertiary/aromatic N) is 5. The van der Waals surface area contributed by atoms with Crippen LogP contribution in [0.25, 0.3) is 11.5 Å². The largest absolute Gasteiger partial charge is 0.334 e. The van der Waals surface area contributed by atoms with Gasteiger partial charge in [0.1, 0.15) is 0 Å². The molecule has 0 aliphatic heterocycles. The van der Waals surface area contributed by atoms with E-state index in [-0.39, 0.29) is 6.03 Å². The maximum absolute atomic E-state index is 12.5. The molecule has 0 aliphatic rings. The normalized spacial score (nSPS) is 10.8. The number of rotatable bonds is 7. The van der Waals surface area contributed by atoms with Crippen LogP contribution in [-0.4, -0.2) is 44.4 Å². The summed E-state index contributed by atoms with van der Waals surface area (Å²) in [6, 6.07) is 7.23. The Kier molecular flexibility index (Phi) is 5.85. The predicted octanol–water partition coefficient (Wildman–Crippen LogP) is 3.13. The summed E-state index contributed by atoms with van der Waals surface area (Å²) in [6.07, 6.45) is 6.28. The van der Waals surface area contributed by atoms with Gasteiger partial charge in [0.2, 0.25) is 0 Å². The van der Waals surface area contributed by atoms with Gasteiger partial charge in [0.15, 0.2) is 5.82 Å². The molecule has 0 aliphatic carbocycles. The van der Waals surface area contributed by atoms with Crippen LogP contribution in [-0.2, 0) is 19.9 Å². The van der Waals surface area contributed by atoms with Crippen molar-refractivity contribution in [2.75, 3.05) is 18.9 Å². The second-order valence-electron chi connectivity index (χ2n) is 6.39. The molecule has 0 bridgehead atoms. The molecule has 2 heterocycles. The molecule has 0 fully saturated rings. The number of urea groups is 1.